The van der Waals surface area contributed by atoms with Gasteiger partial charge in [0.15, 0.2) is 0 Å². The van der Waals surface area contributed by atoms with Crippen molar-refractivity contribution in [2.45, 2.75) is 44.3 Å². The fourth-order valence-corrected chi connectivity index (χ4v) is 5.59. The van der Waals surface area contributed by atoms with Gasteiger partial charge in [0.2, 0.25) is 0 Å². The van der Waals surface area contributed by atoms with E-state index in [1.807, 2.05) is 6.92 Å². The molecule has 0 aliphatic heterocycles. The van der Waals surface area contributed by atoms with Crippen LogP contribution in [-0.2, 0) is 10.9 Å². The fourth-order valence-electron chi connectivity index (χ4n) is 5.59. The molecule has 5 heteroatoms. The molecule has 0 amide bonds. The van der Waals surface area contributed by atoms with Crippen molar-refractivity contribution in [2.75, 3.05) is 20.7 Å². The highest BCUT2D eigenvalue weighted by Crippen LogP contribution is 2.67. The molecular formula is C22H26F3NO. The van der Waals surface area contributed by atoms with E-state index in [0.717, 1.165) is 36.2 Å². The Labute approximate surface area is 158 Å². The van der Waals surface area contributed by atoms with Crippen molar-refractivity contribution in [3.8, 4) is 0 Å². The standard InChI is InChI=1S/C22H26F3NO/c1-4-27-19-14-21(26(2)3)17(13-20(19)12-6-5-7-18(20)21)15-8-10-16(11-9-15)22(23,24)25/h8-11,13-14,18H,4-7,12H2,1-3H3/t18-,20-,21-/m0/s1. The van der Waals surface area contributed by atoms with Crippen LogP contribution in [0.15, 0.2) is 42.2 Å². The van der Waals surface area contributed by atoms with E-state index < -0.39 is 11.7 Å². The summed E-state index contributed by atoms with van der Waals surface area (Å²) in [5, 5.41) is 0. The highest BCUT2D eigenvalue weighted by Gasteiger charge is 2.65. The lowest BCUT2D eigenvalue weighted by atomic mass is 9.67. The first-order valence-corrected chi connectivity index (χ1v) is 9.70. The smallest absolute Gasteiger partial charge is 0.416 e. The lowest BCUT2D eigenvalue weighted by Gasteiger charge is -2.43. The van der Waals surface area contributed by atoms with Gasteiger partial charge in [0, 0.05) is 5.92 Å². The number of alkyl halides is 3. The molecule has 1 fully saturated rings. The second-order valence-corrected chi connectivity index (χ2v) is 8.13. The summed E-state index contributed by atoms with van der Waals surface area (Å²) in [5.41, 5.74) is 0.963. The van der Waals surface area contributed by atoms with E-state index in [0.29, 0.717) is 12.5 Å². The van der Waals surface area contributed by atoms with E-state index in [-0.39, 0.29) is 11.0 Å². The van der Waals surface area contributed by atoms with Crippen molar-refractivity contribution < 1.29 is 17.9 Å². The Morgan fingerprint density at radius 3 is 2.41 bits per heavy atom. The zero-order valence-electron chi connectivity index (χ0n) is 16.1. The Balaban J connectivity index is 1.82. The zero-order valence-corrected chi connectivity index (χ0v) is 16.1. The van der Waals surface area contributed by atoms with Gasteiger partial charge in [0.05, 0.1) is 23.1 Å². The molecule has 146 valence electrons. The largest absolute Gasteiger partial charge is 0.498 e. The second kappa shape index (κ2) is 6.13. The van der Waals surface area contributed by atoms with Crippen LogP contribution < -0.4 is 0 Å². The summed E-state index contributed by atoms with van der Waals surface area (Å²) in [4.78, 5) is 2.22. The van der Waals surface area contributed by atoms with Crippen molar-refractivity contribution in [3.63, 3.8) is 0 Å². The molecule has 3 aliphatic rings. The van der Waals surface area contributed by atoms with E-state index in [9.17, 15) is 13.2 Å². The third kappa shape index (κ3) is 2.50. The molecule has 1 aromatic carbocycles. The normalized spacial score (nSPS) is 32.3. The lowest BCUT2D eigenvalue weighted by Crippen LogP contribution is -2.48. The molecule has 1 aromatic rings. The molecule has 0 saturated heterocycles. The molecule has 4 rings (SSSR count). The van der Waals surface area contributed by atoms with Crippen LogP contribution in [-0.4, -0.2) is 31.1 Å². The molecule has 1 saturated carbocycles. The van der Waals surface area contributed by atoms with Gasteiger partial charge in [-0.25, -0.2) is 0 Å². The molecule has 0 aromatic heterocycles. The van der Waals surface area contributed by atoms with Gasteiger partial charge in [0.25, 0.3) is 0 Å². The molecule has 3 atom stereocenters. The fraction of sp³-hybridized carbons (Fsp3) is 0.545. The van der Waals surface area contributed by atoms with E-state index in [1.54, 1.807) is 12.1 Å². The summed E-state index contributed by atoms with van der Waals surface area (Å²) in [7, 11) is 4.13. The van der Waals surface area contributed by atoms with Crippen molar-refractivity contribution in [1.82, 2.24) is 4.90 Å². The minimum absolute atomic E-state index is 0.115. The Kier molecular flexibility index (Phi) is 4.22. The Morgan fingerprint density at radius 2 is 1.81 bits per heavy atom. The molecule has 0 unspecified atom stereocenters. The second-order valence-electron chi connectivity index (χ2n) is 8.13. The van der Waals surface area contributed by atoms with E-state index in [4.69, 9.17) is 4.74 Å². The van der Waals surface area contributed by atoms with Crippen LogP contribution in [0.3, 0.4) is 0 Å². The van der Waals surface area contributed by atoms with E-state index >= 15 is 0 Å². The van der Waals surface area contributed by atoms with Gasteiger partial charge in [-0.1, -0.05) is 31.1 Å². The van der Waals surface area contributed by atoms with Gasteiger partial charge >= 0.3 is 6.18 Å². The number of benzene rings is 1. The highest BCUT2D eigenvalue weighted by molar-refractivity contribution is 5.83. The van der Waals surface area contributed by atoms with E-state index in [1.165, 1.54) is 18.6 Å². The SMILES string of the molecule is CCOC1=C[C@]2(N(C)C)C(c3ccc(C(F)(F)F)cc3)=C[C@]13CCCC[C@@H]32. The van der Waals surface area contributed by atoms with Crippen LogP contribution in [0.2, 0.25) is 0 Å². The summed E-state index contributed by atoms with van der Waals surface area (Å²) in [6.45, 7) is 2.64. The first kappa shape index (κ1) is 18.6. The van der Waals surface area contributed by atoms with Crippen molar-refractivity contribution >= 4 is 5.57 Å². The summed E-state index contributed by atoms with van der Waals surface area (Å²) in [6, 6.07) is 5.63. The summed E-state index contributed by atoms with van der Waals surface area (Å²) < 4.78 is 45.0. The van der Waals surface area contributed by atoms with Crippen LogP contribution >= 0.6 is 0 Å². The Bertz CT molecular complexity index is 793. The molecule has 0 N–H and O–H groups in total. The molecule has 0 spiro atoms. The number of allylic oxidation sites excluding steroid dienone is 1. The lowest BCUT2D eigenvalue weighted by molar-refractivity contribution is -0.137. The van der Waals surface area contributed by atoms with Crippen LogP contribution in [0.25, 0.3) is 5.57 Å². The number of hydrogen-bond donors (Lipinski definition) is 0. The Morgan fingerprint density at radius 1 is 1.11 bits per heavy atom. The summed E-state index contributed by atoms with van der Waals surface area (Å²) in [6.07, 6.45) is 4.74. The van der Waals surface area contributed by atoms with Crippen LogP contribution in [0, 0.1) is 11.3 Å². The maximum Gasteiger partial charge on any atom is 0.416 e. The molecule has 2 bridgehead atoms. The molecule has 27 heavy (non-hydrogen) atoms. The van der Waals surface area contributed by atoms with Crippen molar-refractivity contribution in [1.29, 1.82) is 0 Å². The highest BCUT2D eigenvalue weighted by atomic mass is 19.4. The van der Waals surface area contributed by atoms with Crippen LogP contribution in [0.5, 0.6) is 0 Å². The molecular weight excluding hydrogens is 351 g/mol. The number of likely N-dealkylation sites (N-methyl/N-ethyl adjacent to an activating group) is 1. The van der Waals surface area contributed by atoms with Crippen molar-refractivity contribution in [3.05, 3.63) is 53.3 Å². The Hall–Kier alpha value is -1.75. The first-order valence-electron chi connectivity index (χ1n) is 9.70. The quantitative estimate of drug-likeness (QED) is 0.686. The first-order chi connectivity index (χ1) is 12.8. The van der Waals surface area contributed by atoms with Crippen LogP contribution in [0.4, 0.5) is 13.2 Å². The minimum Gasteiger partial charge on any atom is -0.498 e. The van der Waals surface area contributed by atoms with Gasteiger partial charge in [-0.05, 0) is 63.2 Å². The van der Waals surface area contributed by atoms with Gasteiger partial charge in [-0.3, -0.25) is 4.90 Å². The molecule has 0 heterocycles. The average molecular weight is 377 g/mol. The molecule has 0 radical (unpaired) electrons. The number of hydrogen-bond acceptors (Lipinski definition) is 2. The molecule has 2 nitrogen and oxygen atoms in total. The van der Waals surface area contributed by atoms with Gasteiger partial charge in [-0.2, -0.15) is 13.2 Å². The third-order valence-corrected chi connectivity index (χ3v) is 6.69. The van der Waals surface area contributed by atoms with Gasteiger partial charge < -0.3 is 4.74 Å². The average Bonchev–Trinajstić information content (AvgIpc) is 3.09. The summed E-state index contributed by atoms with van der Waals surface area (Å²) in [5.74, 6) is 1.44. The number of rotatable bonds is 4. The summed E-state index contributed by atoms with van der Waals surface area (Å²) >= 11 is 0. The minimum atomic E-state index is -4.31. The van der Waals surface area contributed by atoms with Gasteiger partial charge in [-0.15, -0.1) is 0 Å². The van der Waals surface area contributed by atoms with Crippen molar-refractivity contribution in [2.24, 2.45) is 11.3 Å². The maximum atomic E-state index is 13.0. The van der Waals surface area contributed by atoms with Crippen LogP contribution in [0.1, 0.15) is 43.7 Å². The topological polar surface area (TPSA) is 12.5 Å². The number of nitrogens with zero attached hydrogens (tertiary/aromatic N) is 1. The monoisotopic (exact) mass is 377 g/mol. The number of ether oxygens (including phenoxy) is 1. The zero-order chi connectivity index (χ0) is 19.4. The molecule has 3 aliphatic carbocycles. The van der Waals surface area contributed by atoms with Gasteiger partial charge in [0.1, 0.15) is 5.76 Å². The number of halogens is 3. The predicted molar refractivity (Wildman–Crippen MR) is 99.9 cm³/mol. The third-order valence-electron chi connectivity index (χ3n) is 6.69. The predicted octanol–water partition coefficient (Wildman–Crippen LogP) is 5.51. The van der Waals surface area contributed by atoms with E-state index in [2.05, 4.69) is 31.1 Å². The maximum absolute atomic E-state index is 13.0.